The number of hydrogen-bond donors (Lipinski definition) is 1. The average molecular weight is 238 g/mol. The van der Waals surface area contributed by atoms with Crippen LogP contribution < -0.4 is 5.73 Å². The minimum absolute atomic E-state index is 0.0475. The zero-order chi connectivity index (χ0) is 11.8. The van der Waals surface area contributed by atoms with Crippen molar-refractivity contribution in [3.63, 3.8) is 0 Å². The van der Waals surface area contributed by atoms with Crippen molar-refractivity contribution in [1.82, 2.24) is 0 Å². The molecule has 1 aromatic carbocycles. The Morgan fingerprint density at radius 2 is 2.00 bits per heavy atom. The summed E-state index contributed by atoms with van der Waals surface area (Å²) in [4.78, 5) is 11.6. The van der Waals surface area contributed by atoms with Crippen LogP contribution in [0.4, 0.5) is 0 Å². The van der Waals surface area contributed by atoms with E-state index < -0.39 is 0 Å². The van der Waals surface area contributed by atoms with Crippen molar-refractivity contribution in [2.24, 2.45) is 11.7 Å². The molecule has 0 amide bonds. The molecule has 0 aromatic heterocycles. The molecule has 0 saturated heterocycles. The van der Waals surface area contributed by atoms with E-state index in [9.17, 15) is 4.79 Å². The van der Waals surface area contributed by atoms with Crippen LogP contribution in [0.2, 0.25) is 5.02 Å². The summed E-state index contributed by atoms with van der Waals surface area (Å²) in [5, 5.41) is 0.719. The normalized spacial score (nSPS) is 19.2. The minimum atomic E-state index is -0.245. The fourth-order valence-electron chi connectivity index (χ4n) is 2.10. The van der Waals surface area contributed by atoms with Gasteiger partial charge in [0.25, 0.3) is 0 Å². The molecule has 0 bridgehead atoms. The molecular weight excluding hydrogens is 222 g/mol. The fourth-order valence-corrected chi connectivity index (χ4v) is 2.23. The van der Waals surface area contributed by atoms with Crippen LogP contribution in [0, 0.1) is 5.92 Å². The molecule has 2 N–H and O–H groups in total. The van der Waals surface area contributed by atoms with Crippen molar-refractivity contribution < 1.29 is 4.79 Å². The number of benzene rings is 1. The largest absolute Gasteiger partial charge is 0.324 e. The van der Waals surface area contributed by atoms with Gasteiger partial charge in [-0.3, -0.25) is 4.79 Å². The first-order chi connectivity index (χ1) is 7.51. The lowest BCUT2D eigenvalue weighted by molar-refractivity contribution is -0.121. The van der Waals surface area contributed by atoms with E-state index in [1.807, 2.05) is 24.3 Å². The van der Waals surface area contributed by atoms with Crippen molar-refractivity contribution in [3.8, 4) is 0 Å². The number of ketones is 1. The molecule has 1 aromatic rings. The van der Waals surface area contributed by atoms with Gasteiger partial charge < -0.3 is 5.73 Å². The predicted molar refractivity (Wildman–Crippen MR) is 65.5 cm³/mol. The van der Waals surface area contributed by atoms with Gasteiger partial charge in [-0.2, -0.15) is 0 Å². The molecule has 3 heteroatoms. The number of nitrogens with two attached hydrogens (primary N) is 1. The lowest BCUT2D eigenvalue weighted by Crippen LogP contribution is -2.38. The Bertz CT molecular complexity index is 395. The second kappa shape index (κ2) is 4.19. The van der Waals surface area contributed by atoms with Gasteiger partial charge in [-0.05, 0) is 43.9 Å². The Morgan fingerprint density at radius 1 is 1.44 bits per heavy atom. The van der Waals surface area contributed by atoms with E-state index in [2.05, 4.69) is 0 Å². The van der Waals surface area contributed by atoms with Crippen molar-refractivity contribution in [2.75, 3.05) is 0 Å². The summed E-state index contributed by atoms with van der Waals surface area (Å²) in [5.41, 5.74) is 7.00. The quantitative estimate of drug-likeness (QED) is 0.875. The van der Waals surface area contributed by atoms with E-state index in [0.29, 0.717) is 0 Å². The van der Waals surface area contributed by atoms with Crippen LogP contribution in [0.5, 0.6) is 0 Å². The van der Waals surface area contributed by atoms with Gasteiger partial charge in [0.2, 0.25) is 0 Å². The molecule has 0 heterocycles. The molecule has 16 heavy (non-hydrogen) atoms. The molecule has 0 radical (unpaired) electrons. The van der Waals surface area contributed by atoms with Crippen molar-refractivity contribution in [1.29, 1.82) is 0 Å². The first-order valence-corrected chi connectivity index (χ1v) is 5.93. The van der Waals surface area contributed by atoms with Crippen molar-refractivity contribution in [2.45, 2.75) is 31.7 Å². The topological polar surface area (TPSA) is 43.1 Å². The lowest BCUT2D eigenvalue weighted by Gasteiger charge is -2.20. The Kier molecular flexibility index (Phi) is 3.04. The number of hydrogen-bond acceptors (Lipinski definition) is 2. The molecule has 86 valence electrons. The highest BCUT2D eigenvalue weighted by atomic mass is 35.5. The molecule has 1 aliphatic rings. The summed E-state index contributed by atoms with van der Waals surface area (Å²) in [6, 6.07) is 7.63. The van der Waals surface area contributed by atoms with Crippen LogP contribution >= 0.6 is 11.6 Å². The number of carbonyl (C=O) groups is 1. The molecule has 1 unspecified atom stereocenters. The van der Waals surface area contributed by atoms with E-state index in [-0.39, 0.29) is 17.2 Å². The molecule has 0 spiro atoms. The van der Waals surface area contributed by atoms with Gasteiger partial charge in [0.05, 0.1) is 0 Å². The minimum Gasteiger partial charge on any atom is -0.324 e. The van der Waals surface area contributed by atoms with Crippen molar-refractivity contribution >= 4 is 17.4 Å². The van der Waals surface area contributed by atoms with Crippen molar-refractivity contribution in [3.05, 3.63) is 34.9 Å². The smallest absolute Gasteiger partial charge is 0.135 e. The number of rotatable bonds is 4. The molecule has 1 aliphatic carbocycles. The average Bonchev–Trinajstić information content (AvgIpc) is 2.96. The molecule has 1 atom stereocenters. The van der Waals surface area contributed by atoms with Crippen LogP contribution in [0.15, 0.2) is 24.3 Å². The standard InChI is InChI=1S/C13H16ClNO/c1-9(16)12(13(15)6-7-13)8-10-2-4-11(14)5-3-10/h2-5,12H,6-8,15H2,1H3. The van der Waals surface area contributed by atoms with E-state index in [1.54, 1.807) is 6.92 Å². The van der Waals surface area contributed by atoms with Gasteiger partial charge >= 0.3 is 0 Å². The van der Waals surface area contributed by atoms with Crippen LogP contribution in [0.3, 0.4) is 0 Å². The molecule has 1 fully saturated rings. The lowest BCUT2D eigenvalue weighted by atomic mass is 9.87. The number of Topliss-reactive ketones (excluding diaryl/α,β-unsaturated/α-hetero) is 1. The Morgan fingerprint density at radius 3 is 2.44 bits per heavy atom. The van der Waals surface area contributed by atoms with Crippen LogP contribution in [0.25, 0.3) is 0 Å². The van der Waals surface area contributed by atoms with E-state index in [0.717, 1.165) is 29.8 Å². The third-order valence-electron chi connectivity index (χ3n) is 3.37. The van der Waals surface area contributed by atoms with Gasteiger partial charge in [0.15, 0.2) is 0 Å². The summed E-state index contributed by atoms with van der Waals surface area (Å²) in [5.74, 6) is 0.142. The monoisotopic (exact) mass is 237 g/mol. The zero-order valence-corrected chi connectivity index (χ0v) is 10.1. The summed E-state index contributed by atoms with van der Waals surface area (Å²) in [6.45, 7) is 1.63. The maximum Gasteiger partial charge on any atom is 0.135 e. The first-order valence-electron chi connectivity index (χ1n) is 5.55. The third-order valence-corrected chi connectivity index (χ3v) is 3.62. The molecule has 1 saturated carbocycles. The van der Waals surface area contributed by atoms with Gasteiger partial charge in [-0.25, -0.2) is 0 Å². The Hall–Kier alpha value is -0.860. The van der Waals surface area contributed by atoms with E-state index in [4.69, 9.17) is 17.3 Å². The molecule has 2 rings (SSSR count). The fraction of sp³-hybridized carbons (Fsp3) is 0.462. The number of carbonyl (C=O) groups excluding carboxylic acids is 1. The van der Waals surface area contributed by atoms with Crippen LogP contribution in [0.1, 0.15) is 25.3 Å². The second-order valence-corrected chi connectivity index (χ2v) is 5.16. The summed E-state index contributed by atoms with van der Waals surface area (Å²) < 4.78 is 0. The maximum atomic E-state index is 11.6. The highest BCUT2D eigenvalue weighted by molar-refractivity contribution is 6.30. The van der Waals surface area contributed by atoms with E-state index >= 15 is 0 Å². The Labute approximate surface area is 101 Å². The second-order valence-electron chi connectivity index (χ2n) is 4.73. The molecular formula is C13H16ClNO. The van der Waals surface area contributed by atoms with Crippen LogP contribution in [-0.2, 0) is 11.2 Å². The molecule has 0 aliphatic heterocycles. The molecule has 2 nitrogen and oxygen atoms in total. The Balaban J connectivity index is 2.12. The SMILES string of the molecule is CC(=O)C(Cc1ccc(Cl)cc1)C1(N)CC1. The third kappa shape index (κ3) is 2.45. The summed E-state index contributed by atoms with van der Waals surface area (Å²) >= 11 is 5.82. The summed E-state index contributed by atoms with van der Waals surface area (Å²) in [6.07, 6.45) is 2.65. The zero-order valence-electron chi connectivity index (χ0n) is 9.37. The van der Waals surface area contributed by atoms with Crippen LogP contribution in [-0.4, -0.2) is 11.3 Å². The highest BCUT2D eigenvalue weighted by Crippen LogP contribution is 2.41. The van der Waals surface area contributed by atoms with Gasteiger partial charge in [0.1, 0.15) is 5.78 Å². The maximum absolute atomic E-state index is 11.6. The van der Waals surface area contributed by atoms with Gasteiger partial charge in [-0.1, -0.05) is 23.7 Å². The summed E-state index contributed by atoms with van der Waals surface area (Å²) in [7, 11) is 0. The van der Waals surface area contributed by atoms with E-state index in [1.165, 1.54) is 0 Å². The predicted octanol–water partition coefficient (Wildman–Crippen LogP) is 2.58. The van der Waals surface area contributed by atoms with Gasteiger partial charge in [0, 0.05) is 16.5 Å². The van der Waals surface area contributed by atoms with Gasteiger partial charge in [-0.15, -0.1) is 0 Å². The number of halogens is 1. The highest BCUT2D eigenvalue weighted by Gasteiger charge is 2.47. The first kappa shape index (κ1) is 11.6.